The molecular formula is C7H12O2. The van der Waals surface area contributed by atoms with Crippen LogP contribution >= 0.6 is 0 Å². The van der Waals surface area contributed by atoms with Gasteiger partial charge in [0, 0.05) is 6.42 Å². The van der Waals surface area contributed by atoms with Gasteiger partial charge in [-0.1, -0.05) is 6.08 Å². The van der Waals surface area contributed by atoms with Crippen molar-refractivity contribution < 1.29 is 9.84 Å². The van der Waals surface area contributed by atoms with E-state index in [1.165, 1.54) is 0 Å². The van der Waals surface area contributed by atoms with Crippen LogP contribution in [-0.2, 0) is 4.74 Å². The van der Waals surface area contributed by atoms with Gasteiger partial charge in [-0.2, -0.15) is 0 Å². The molecule has 2 heteroatoms. The third-order valence-corrected chi connectivity index (χ3v) is 0.740. The van der Waals surface area contributed by atoms with Gasteiger partial charge in [0.15, 0.2) is 0 Å². The summed E-state index contributed by atoms with van der Waals surface area (Å²) in [5.41, 5.74) is 0. The highest BCUT2D eigenvalue weighted by Gasteiger charge is 1.75. The summed E-state index contributed by atoms with van der Waals surface area (Å²) < 4.78 is 4.94. The third-order valence-electron chi connectivity index (χ3n) is 0.740. The Morgan fingerprint density at radius 1 is 1.56 bits per heavy atom. The lowest BCUT2D eigenvalue weighted by atomic mass is 10.4. The Hall–Kier alpha value is -0.920. The van der Waals surface area contributed by atoms with Crippen molar-refractivity contribution in [1.29, 1.82) is 0 Å². The van der Waals surface area contributed by atoms with Crippen LogP contribution in [0.2, 0.25) is 0 Å². The Bertz CT molecular complexity index is 83.1. The first-order chi connectivity index (χ1) is 4.41. The highest BCUT2D eigenvalue weighted by Crippen LogP contribution is 1.84. The zero-order valence-electron chi connectivity index (χ0n) is 5.58. The van der Waals surface area contributed by atoms with E-state index in [1.54, 1.807) is 12.3 Å². The van der Waals surface area contributed by atoms with Crippen molar-refractivity contribution in [2.45, 2.75) is 13.3 Å². The lowest BCUT2D eigenvalue weighted by molar-refractivity contribution is 0.255. The number of ether oxygens (including phenoxy) is 1. The van der Waals surface area contributed by atoms with Gasteiger partial charge in [-0.3, -0.25) is 0 Å². The summed E-state index contributed by atoms with van der Waals surface area (Å²) in [7, 11) is 0. The molecule has 52 valence electrons. The summed E-state index contributed by atoms with van der Waals surface area (Å²) in [6, 6.07) is 0. The molecule has 0 spiro atoms. The van der Waals surface area contributed by atoms with Gasteiger partial charge in [0.05, 0.1) is 19.1 Å². The van der Waals surface area contributed by atoms with Crippen molar-refractivity contribution in [2.24, 2.45) is 0 Å². The van der Waals surface area contributed by atoms with Crippen molar-refractivity contribution in [2.75, 3.05) is 6.61 Å². The quantitative estimate of drug-likeness (QED) is 0.463. The summed E-state index contributed by atoms with van der Waals surface area (Å²) in [5, 5.41) is 8.17. The maximum atomic E-state index is 8.17. The fraction of sp³-hybridized carbons (Fsp3) is 0.429. The van der Waals surface area contributed by atoms with Crippen LogP contribution < -0.4 is 0 Å². The Labute approximate surface area is 55.5 Å². The maximum absolute atomic E-state index is 8.17. The molecular weight excluding hydrogens is 116 g/mol. The first-order valence-electron chi connectivity index (χ1n) is 2.93. The van der Waals surface area contributed by atoms with Crippen molar-refractivity contribution in [3.63, 3.8) is 0 Å². The molecule has 0 rings (SSSR count). The predicted octanol–water partition coefficient (Wildman–Crippen LogP) is 2.00. The predicted molar refractivity (Wildman–Crippen MR) is 37.2 cm³/mol. The van der Waals surface area contributed by atoms with E-state index in [-0.39, 0.29) is 0 Å². The number of hydrogen-bond acceptors (Lipinski definition) is 2. The zero-order valence-corrected chi connectivity index (χ0v) is 5.58. The molecule has 2 nitrogen and oxygen atoms in total. The maximum Gasteiger partial charge on any atom is 0.0908 e. The molecule has 1 N–H and O–H groups in total. The molecule has 0 aliphatic heterocycles. The molecule has 0 bridgehead atoms. The number of allylic oxidation sites excluding steroid dienone is 1. The summed E-state index contributed by atoms with van der Waals surface area (Å²) in [6.07, 6.45) is 6.87. The minimum atomic E-state index is 0.626. The van der Waals surface area contributed by atoms with E-state index >= 15 is 0 Å². The molecule has 0 aromatic heterocycles. The molecule has 0 heterocycles. The van der Waals surface area contributed by atoms with Gasteiger partial charge in [-0.05, 0) is 13.0 Å². The van der Waals surface area contributed by atoms with E-state index in [0.717, 1.165) is 12.7 Å². The second kappa shape index (κ2) is 7.08. The van der Waals surface area contributed by atoms with Crippen molar-refractivity contribution in [3.05, 3.63) is 24.7 Å². The largest absolute Gasteiger partial charge is 0.516 e. The van der Waals surface area contributed by atoms with Crippen LogP contribution in [0.15, 0.2) is 24.7 Å². The normalized spacial score (nSPS) is 11.2. The minimum Gasteiger partial charge on any atom is -0.516 e. The third kappa shape index (κ3) is 7.08. The molecule has 0 amide bonds. The Kier molecular flexibility index (Phi) is 6.36. The first-order valence-corrected chi connectivity index (χ1v) is 2.93. The van der Waals surface area contributed by atoms with Gasteiger partial charge >= 0.3 is 0 Å². The highest BCUT2D eigenvalue weighted by molar-refractivity contribution is 4.72. The van der Waals surface area contributed by atoms with Crippen LogP contribution in [0.4, 0.5) is 0 Å². The molecule has 0 atom stereocenters. The van der Waals surface area contributed by atoms with Crippen LogP contribution in [0.25, 0.3) is 0 Å². The zero-order chi connectivity index (χ0) is 6.95. The first kappa shape index (κ1) is 8.08. The molecule has 0 aromatic rings. The van der Waals surface area contributed by atoms with Crippen molar-refractivity contribution in [3.8, 4) is 0 Å². The Morgan fingerprint density at radius 2 is 2.33 bits per heavy atom. The van der Waals surface area contributed by atoms with Gasteiger partial charge in [0.25, 0.3) is 0 Å². The number of rotatable bonds is 4. The molecule has 9 heavy (non-hydrogen) atoms. The monoisotopic (exact) mass is 128 g/mol. The van der Waals surface area contributed by atoms with Crippen LogP contribution in [0.5, 0.6) is 0 Å². The molecule has 0 aliphatic rings. The van der Waals surface area contributed by atoms with Gasteiger partial charge in [0.2, 0.25) is 0 Å². The molecule has 0 saturated heterocycles. The second-order valence-corrected chi connectivity index (χ2v) is 1.51. The van der Waals surface area contributed by atoms with Crippen molar-refractivity contribution >= 4 is 0 Å². The number of hydrogen-bond donors (Lipinski definition) is 1. The summed E-state index contributed by atoms with van der Waals surface area (Å²) in [4.78, 5) is 0. The van der Waals surface area contributed by atoms with Crippen LogP contribution in [0, 0.1) is 0 Å². The lowest BCUT2D eigenvalue weighted by Gasteiger charge is -1.93. The van der Waals surface area contributed by atoms with Crippen molar-refractivity contribution in [1.82, 2.24) is 0 Å². The van der Waals surface area contributed by atoms with E-state index in [1.807, 2.05) is 13.0 Å². The molecule has 0 fully saturated rings. The highest BCUT2D eigenvalue weighted by atomic mass is 16.5. The Morgan fingerprint density at radius 3 is 2.89 bits per heavy atom. The topological polar surface area (TPSA) is 29.5 Å². The van der Waals surface area contributed by atoms with E-state index in [2.05, 4.69) is 0 Å². The average Bonchev–Trinajstić information content (AvgIpc) is 1.89. The van der Waals surface area contributed by atoms with Gasteiger partial charge in [-0.25, -0.2) is 0 Å². The van der Waals surface area contributed by atoms with Gasteiger partial charge in [-0.15, -0.1) is 0 Å². The van der Waals surface area contributed by atoms with E-state index in [9.17, 15) is 0 Å². The summed E-state index contributed by atoms with van der Waals surface area (Å²) in [6.45, 7) is 2.52. The number of aliphatic hydroxyl groups is 1. The molecule has 0 unspecified atom stereocenters. The average molecular weight is 128 g/mol. The second-order valence-electron chi connectivity index (χ2n) is 1.51. The van der Waals surface area contributed by atoms with Gasteiger partial charge in [0.1, 0.15) is 0 Å². The molecule has 0 aromatic carbocycles. The molecule has 0 radical (unpaired) electrons. The van der Waals surface area contributed by atoms with Crippen LogP contribution in [-0.4, -0.2) is 11.7 Å². The van der Waals surface area contributed by atoms with E-state index in [0.29, 0.717) is 6.61 Å². The number of aliphatic hydroxyl groups excluding tert-OH is 1. The summed E-state index contributed by atoms with van der Waals surface area (Å²) in [5.74, 6) is 0. The smallest absolute Gasteiger partial charge is 0.0908 e. The molecule has 0 saturated carbocycles. The lowest BCUT2D eigenvalue weighted by Crippen LogP contribution is -1.82. The molecule has 0 aliphatic carbocycles. The Balaban J connectivity index is 2.91. The van der Waals surface area contributed by atoms with E-state index in [4.69, 9.17) is 9.84 Å². The minimum absolute atomic E-state index is 0.626. The standard InChI is InChI=1S/C7H12O2/c1-2-6-9-7-4-3-5-8/h2-3,5-6,8H,4,7H2,1H3. The van der Waals surface area contributed by atoms with Gasteiger partial charge < -0.3 is 9.84 Å². The fourth-order valence-corrected chi connectivity index (χ4v) is 0.375. The summed E-state index contributed by atoms with van der Waals surface area (Å²) >= 11 is 0. The fourth-order valence-electron chi connectivity index (χ4n) is 0.375. The SMILES string of the molecule is CC=COCCC=CO. The van der Waals surface area contributed by atoms with Crippen LogP contribution in [0.3, 0.4) is 0 Å². The van der Waals surface area contributed by atoms with Crippen LogP contribution in [0.1, 0.15) is 13.3 Å². The van der Waals surface area contributed by atoms with E-state index < -0.39 is 0 Å².